The van der Waals surface area contributed by atoms with E-state index in [0.717, 1.165) is 23.4 Å². The van der Waals surface area contributed by atoms with Gasteiger partial charge in [0.15, 0.2) is 11.5 Å². The molecule has 8 heteroatoms. The molecule has 0 bridgehead atoms. The van der Waals surface area contributed by atoms with Gasteiger partial charge in [0, 0.05) is 24.2 Å². The Morgan fingerprint density at radius 1 is 1.27 bits per heavy atom. The van der Waals surface area contributed by atoms with Crippen molar-refractivity contribution in [2.24, 2.45) is 5.92 Å². The van der Waals surface area contributed by atoms with Crippen LogP contribution in [0.3, 0.4) is 0 Å². The second-order valence-corrected chi connectivity index (χ2v) is 7.47. The summed E-state index contributed by atoms with van der Waals surface area (Å²) < 4.78 is 1.86. The van der Waals surface area contributed by atoms with Gasteiger partial charge in [-0.3, -0.25) is 4.40 Å². The van der Waals surface area contributed by atoms with Crippen LogP contribution in [0.25, 0.3) is 5.65 Å². The summed E-state index contributed by atoms with van der Waals surface area (Å²) in [5, 5.41) is 23.6. The lowest BCUT2D eigenvalue weighted by Gasteiger charge is -2.33. The number of hydrogen-bond donors (Lipinski definition) is 2. The number of piperidine rings is 1. The van der Waals surface area contributed by atoms with Crippen LogP contribution in [0.2, 0.25) is 0 Å². The molecular formula is C18H21N5O2S. The van der Waals surface area contributed by atoms with Gasteiger partial charge >= 0.3 is 6.03 Å². The number of carbonyl (C=O) groups is 1. The fourth-order valence-electron chi connectivity index (χ4n) is 3.39. The number of hydrogen-bond acceptors (Lipinski definition) is 5. The third-order valence-electron chi connectivity index (χ3n) is 4.89. The molecule has 1 saturated heterocycles. The van der Waals surface area contributed by atoms with Crippen molar-refractivity contribution in [1.82, 2.24) is 24.8 Å². The van der Waals surface area contributed by atoms with E-state index in [9.17, 15) is 9.90 Å². The van der Waals surface area contributed by atoms with Gasteiger partial charge in [-0.2, -0.15) is 0 Å². The molecule has 0 saturated carbocycles. The Morgan fingerprint density at radius 2 is 2.12 bits per heavy atom. The van der Waals surface area contributed by atoms with Crippen molar-refractivity contribution in [3.05, 3.63) is 52.6 Å². The Morgan fingerprint density at radius 3 is 2.88 bits per heavy atom. The predicted molar refractivity (Wildman–Crippen MR) is 98.8 cm³/mol. The normalized spacial score (nSPS) is 16.7. The zero-order chi connectivity index (χ0) is 17.9. The summed E-state index contributed by atoms with van der Waals surface area (Å²) in [7, 11) is 0. The quantitative estimate of drug-likeness (QED) is 0.738. The number of aliphatic hydroxyl groups is 1. The molecule has 0 aromatic carbocycles. The molecule has 0 unspecified atom stereocenters. The largest absolute Gasteiger partial charge is 0.387 e. The molecule has 1 atom stereocenters. The molecule has 3 aromatic rings. The van der Waals surface area contributed by atoms with Gasteiger partial charge in [-0.05, 0) is 42.3 Å². The zero-order valence-electron chi connectivity index (χ0n) is 14.3. The summed E-state index contributed by atoms with van der Waals surface area (Å²) in [5.41, 5.74) is 0.764. The number of pyridine rings is 1. The van der Waals surface area contributed by atoms with Gasteiger partial charge in [0.1, 0.15) is 0 Å². The fraction of sp³-hybridized carbons (Fsp3) is 0.389. The average Bonchev–Trinajstić information content (AvgIpc) is 3.36. The van der Waals surface area contributed by atoms with Crippen LogP contribution in [0.1, 0.15) is 29.6 Å². The van der Waals surface area contributed by atoms with Crippen LogP contribution >= 0.6 is 11.3 Å². The van der Waals surface area contributed by atoms with E-state index in [0.29, 0.717) is 25.5 Å². The van der Waals surface area contributed by atoms with Gasteiger partial charge in [0.2, 0.25) is 0 Å². The molecule has 136 valence electrons. The van der Waals surface area contributed by atoms with E-state index in [1.165, 1.54) is 0 Å². The molecule has 2 amide bonds. The summed E-state index contributed by atoms with van der Waals surface area (Å²) in [4.78, 5) is 15.2. The van der Waals surface area contributed by atoms with Crippen LogP contribution < -0.4 is 5.32 Å². The molecule has 0 radical (unpaired) electrons. The molecule has 3 aromatic heterocycles. The first-order valence-corrected chi connectivity index (χ1v) is 9.63. The van der Waals surface area contributed by atoms with Crippen molar-refractivity contribution >= 4 is 23.0 Å². The molecule has 26 heavy (non-hydrogen) atoms. The third kappa shape index (κ3) is 3.42. The lowest BCUT2D eigenvalue weighted by molar-refractivity contribution is 0.0689. The van der Waals surface area contributed by atoms with Crippen LogP contribution in [-0.4, -0.2) is 43.7 Å². The number of aliphatic hydroxyl groups excluding tert-OH is 1. The predicted octanol–water partition coefficient (Wildman–Crippen LogP) is 2.45. The van der Waals surface area contributed by atoms with Gasteiger partial charge in [0.25, 0.3) is 0 Å². The number of likely N-dealkylation sites (tertiary alicyclic amines) is 1. The number of aromatic nitrogens is 3. The van der Waals surface area contributed by atoms with Gasteiger partial charge in [0.05, 0.1) is 12.6 Å². The van der Waals surface area contributed by atoms with Crippen LogP contribution in [0.4, 0.5) is 4.79 Å². The van der Waals surface area contributed by atoms with Crippen molar-refractivity contribution < 1.29 is 9.90 Å². The Kier molecular flexibility index (Phi) is 4.85. The van der Waals surface area contributed by atoms with Crippen LogP contribution in [0, 0.1) is 5.92 Å². The van der Waals surface area contributed by atoms with E-state index >= 15 is 0 Å². The number of amides is 2. The molecule has 1 fully saturated rings. The molecule has 7 nitrogen and oxygen atoms in total. The van der Waals surface area contributed by atoms with E-state index in [2.05, 4.69) is 15.5 Å². The summed E-state index contributed by atoms with van der Waals surface area (Å²) >= 11 is 1.58. The molecule has 4 heterocycles. The van der Waals surface area contributed by atoms with E-state index in [-0.39, 0.29) is 11.9 Å². The zero-order valence-corrected chi connectivity index (χ0v) is 15.1. The van der Waals surface area contributed by atoms with Gasteiger partial charge in [-0.15, -0.1) is 21.5 Å². The molecule has 1 aliphatic heterocycles. The Labute approximate surface area is 155 Å². The number of urea groups is 1. The van der Waals surface area contributed by atoms with Crippen molar-refractivity contribution in [2.75, 3.05) is 13.1 Å². The van der Waals surface area contributed by atoms with Crippen molar-refractivity contribution in [3.63, 3.8) is 0 Å². The average molecular weight is 371 g/mol. The van der Waals surface area contributed by atoms with Crippen molar-refractivity contribution in [3.8, 4) is 0 Å². The maximum Gasteiger partial charge on any atom is 0.317 e. The number of nitrogens with one attached hydrogen (secondary N) is 1. The highest BCUT2D eigenvalue weighted by atomic mass is 32.1. The maximum atomic E-state index is 12.4. The minimum atomic E-state index is -0.428. The molecule has 0 spiro atoms. The smallest absolute Gasteiger partial charge is 0.317 e. The fourth-order valence-corrected chi connectivity index (χ4v) is 4.19. The van der Waals surface area contributed by atoms with E-state index in [1.54, 1.807) is 16.2 Å². The molecule has 4 rings (SSSR count). The number of nitrogens with zero attached hydrogens (tertiary/aromatic N) is 4. The highest BCUT2D eigenvalue weighted by molar-refractivity contribution is 7.10. The second-order valence-electron chi connectivity index (χ2n) is 6.49. The lowest BCUT2D eigenvalue weighted by Crippen LogP contribution is -2.45. The summed E-state index contributed by atoms with van der Waals surface area (Å²) in [6.45, 7) is 1.64. The highest BCUT2D eigenvalue weighted by Crippen LogP contribution is 2.32. The number of fused-ring (bicyclic) bond motifs is 1. The molecule has 2 N–H and O–H groups in total. The van der Waals surface area contributed by atoms with Gasteiger partial charge < -0.3 is 15.3 Å². The van der Waals surface area contributed by atoms with Crippen molar-refractivity contribution in [2.45, 2.75) is 25.5 Å². The standard InChI is InChI=1S/C18H21N5O2S/c24-17(14-4-3-11-26-14)13-6-9-22(10-7-13)18(25)19-12-16-21-20-15-5-1-2-8-23(15)16/h1-5,8,11,13,17,24H,6-7,9-10,12H2,(H,19,25)/t17-/m0/s1. The van der Waals surface area contributed by atoms with Gasteiger partial charge in [-0.1, -0.05) is 12.1 Å². The van der Waals surface area contributed by atoms with Crippen LogP contribution in [0.15, 0.2) is 41.9 Å². The Balaban J connectivity index is 1.30. The topological polar surface area (TPSA) is 82.8 Å². The highest BCUT2D eigenvalue weighted by Gasteiger charge is 2.28. The summed E-state index contributed by atoms with van der Waals surface area (Å²) in [6, 6.07) is 9.52. The number of carbonyl (C=O) groups excluding carboxylic acids is 1. The van der Waals surface area contributed by atoms with Crippen LogP contribution in [0.5, 0.6) is 0 Å². The van der Waals surface area contributed by atoms with E-state index < -0.39 is 6.10 Å². The molecular weight excluding hydrogens is 350 g/mol. The Hall–Kier alpha value is -2.45. The van der Waals surface area contributed by atoms with Crippen LogP contribution in [-0.2, 0) is 6.54 Å². The first-order valence-electron chi connectivity index (χ1n) is 8.75. The SMILES string of the molecule is O=C(NCc1nnc2ccccn12)N1CCC([C@H](O)c2cccs2)CC1. The van der Waals surface area contributed by atoms with E-state index in [1.807, 2.05) is 46.3 Å². The lowest BCUT2D eigenvalue weighted by atomic mass is 9.90. The molecule has 0 aliphatic carbocycles. The minimum absolute atomic E-state index is 0.0956. The van der Waals surface area contributed by atoms with E-state index in [4.69, 9.17) is 0 Å². The first kappa shape index (κ1) is 17.0. The maximum absolute atomic E-state index is 12.4. The third-order valence-corrected chi connectivity index (χ3v) is 5.83. The number of rotatable bonds is 4. The molecule has 1 aliphatic rings. The van der Waals surface area contributed by atoms with Gasteiger partial charge in [-0.25, -0.2) is 4.79 Å². The minimum Gasteiger partial charge on any atom is -0.387 e. The summed E-state index contributed by atoms with van der Waals surface area (Å²) in [5.74, 6) is 0.912. The number of thiophene rings is 1. The van der Waals surface area contributed by atoms with Crippen molar-refractivity contribution in [1.29, 1.82) is 0 Å². The summed E-state index contributed by atoms with van der Waals surface area (Å²) in [6.07, 6.45) is 3.07. The Bertz CT molecular complexity index is 871. The first-order chi connectivity index (χ1) is 12.7. The second kappa shape index (κ2) is 7.43. The monoisotopic (exact) mass is 371 g/mol.